The van der Waals surface area contributed by atoms with Crippen LogP contribution in [-0.4, -0.2) is 34.7 Å². The summed E-state index contributed by atoms with van der Waals surface area (Å²) in [4.78, 5) is 12.5. The molecule has 0 unspecified atom stereocenters. The number of rotatable bonds is 0. The van der Waals surface area contributed by atoms with Crippen LogP contribution in [0.1, 0.15) is 17.1 Å². The van der Waals surface area contributed by atoms with Crippen LogP contribution in [0.15, 0.2) is 91.0 Å². The fraction of sp³-hybridized carbons (Fsp3) is 0.100. The predicted molar refractivity (Wildman–Crippen MR) is 144 cm³/mol. The van der Waals surface area contributed by atoms with Crippen LogP contribution < -0.4 is 15.3 Å². The van der Waals surface area contributed by atoms with Crippen molar-refractivity contribution >= 4 is 52.5 Å². The van der Waals surface area contributed by atoms with E-state index in [1.807, 2.05) is 75.4 Å². The van der Waals surface area contributed by atoms with Crippen LogP contribution in [0.4, 0.5) is 0 Å². The smallest absolute Gasteiger partial charge is 0.871 e. The van der Waals surface area contributed by atoms with Gasteiger partial charge in [-0.15, -0.1) is 0 Å². The molecule has 3 heterocycles. The van der Waals surface area contributed by atoms with E-state index in [4.69, 9.17) is 0 Å². The summed E-state index contributed by atoms with van der Waals surface area (Å²) in [5.74, 6) is -0.0106. The molecule has 180 valence electrons. The molecule has 0 radical (unpaired) electrons. The van der Waals surface area contributed by atoms with Gasteiger partial charge in [0, 0.05) is 17.1 Å². The molecule has 0 saturated heterocycles. The van der Waals surface area contributed by atoms with Crippen molar-refractivity contribution in [1.82, 2.24) is 15.0 Å². The second kappa shape index (κ2) is 12.3. The zero-order valence-corrected chi connectivity index (χ0v) is 23.2. The van der Waals surface area contributed by atoms with Crippen LogP contribution in [0.5, 0.6) is 17.2 Å². The van der Waals surface area contributed by atoms with E-state index in [0.717, 1.165) is 33.2 Å². The molecule has 0 fully saturated rings. The van der Waals surface area contributed by atoms with Gasteiger partial charge in [0.05, 0.1) is 16.6 Å². The van der Waals surface area contributed by atoms with Gasteiger partial charge in [-0.3, -0.25) is 15.0 Å². The molecule has 3 aromatic carbocycles. The predicted octanol–water partition coefficient (Wildman–Crippen LogP) is 4.47. The fourth-order valence-electron chi connectivity index (χ4n) is 3.65. The molecular weight excluding hydrogens is 520 g/mol. The first-order valence-electron chi connectivity index (χ1n) is 11.4. The first kappa shape index (κ1) is 27.5. The fourth-order valence-corrected chi connectivity index (χ4v) is 3.65. The number of hydrogen-bond donors (Lipinski definition) is 0. The Morgan fingerprint density at radius 3 is 0.946 bits per heavy atom. The van der Waals surface area contributed by atoms with Gasteiger partial charge in [0.15, 0.2) is 0 Å². The first-order chi connectivity index (χ1) is 17.3. The van der Waals surface area contributed by atoms with Crippen LogP contribution in [0.2, 0.25) is 0 Å². The molecule has 0 amide bonds. The second-order valence-corrected chi connectivity index (χ2v) is 8.34. The Bertz CT molecular complexity index is 1470. The number of hydrogen-bond acceptors (Lipinski definition) is 6. The largest absolute Gasteiger partial charge is 3.00 e. The average molecular weight is 544 g/mol. The molecule has 0 aliphatic carbocycles. The van der Waals surface area contributed by atoms with Crippen molar-refractivity contribution in [3.63, 3.8) is 0 Å². The van der Waals surface area contributed by atoms with Gasteiger partial charge in [0.25, 0.3) is 0 Å². The molecule has 0 aliphatic rings. The van der Waals surface area contributed by atoms with Gasteiger partial charge in [-0.1, -0.05) is 90.0 Å². The molecule has 6 nitrogen and oxygen atoms in total. The Morgan fingerprint density at radius 1 is 0.405 bits per heavy atom. The molecule has 0 bridgehead atoms. The maximum absolute atomic E-state index is 11.3. The molecule has 0 aliphatic heterocycles. The maximum atomic E-state index is 11.3. The second-order valence-electron chi connectivity index (χ2n) is 8.34. The van der Waals surface area contributed by atoms with Crippen LogP contribution in [0, 0.1) is 20.8 Å². The van der Waals surface area contributed by atoms with E-state index in [1.54, 1.807) is 18.2 Å². The third-order valence-corrected chi connectivity index (χ3v) is 5.47. The number of benzene rings is 3. The normalized spacial score (nSPS) is 10.1. The Kier molecular flexibility index (Phi) is 9.11. The number of fused-ring (bicyclic) bond motifs is 3. The summed E-state index contributed by atoms with van der Waals surface area (Å²) in [5.41, 5.74) is 4.34. The third kappa shape index (κ3) is 6.78. The Morgan fingerprint density at radius 2 is 0.676 bits per heavy atom. The van der Waals surface area contributed by atoms with Crippen molar-refractivity contribution in [3.8, 4) is 17.2 Å². The monoisotopic (exact) mass is 543 g/mol. The molecule has 6 rings (SSSR count). The molecular formula is C30H24GaN3O3. The van der Waals surface area contributed by atoms with Crippen molar-refractivity contribution in [2.45, 2.75) is 20.8 Å². The zero-order chi connectivity index (χ0) is 25.7. The minimum Gasteiger partial charge on any atom is -0.871 e. The summed E-state index contributed by atoms with van der Waals surface area (Å²) in [6.45, 7) is 5.64. The number of pyridine rings is 3. The minimum atomic E-state index is -0.00352. The molecule has 37 heavy (non-hydrogen) atoms. The third-order valence-electron chi connectivity index (χ3n) is 5.47. The topological polar surface area (TPSA) is 108 Å². The van der Waals surface area contributed by atoms with Gasteiger partial charge in [-0.2, -0.15) is 0 Å². The van der Waals surface area contributed by atoms with Gasteiger partial charge in [0.1, 0.15) is 0 Å². The Labute approximate surface area is 228 Å². The number of aromatic nitrogens is 3. The molecule has 3 aromatic heterocycles. The van der Waals surface area contributed by atoms with Gasteiger partial charge < -0.3 is 15.3 Å². The van der Waals surface area contributed by atoms with Crippen LogP contribution in [-0.2, 0) is 0 Å². The van der Waals surface area contributed by atoms with Crippen molar-refractivity contribution in [2.24, 2.45) is 0 Å². The van der Waals surface area contributed by atoms with Crippen LogP contribution in [0.3, 0.4) is 0 Å². The number of para-hydroxylation sites is 3. The zero-order valence-electron chi connectivity index (χ0n) is 20.8. The summed E-state index contributed by atoms with van der Waals surface area (Å²) in [6, 6.07) is 27.0. The van der Waals surface area contributed by atoms with Gasteiger partial charge in [-0.05, 0) is 55.1 Å². The van der Waals surface area contributed by atoms with E-state index >= 15 is 0 Å². The molecule has 0 atom stereocenters. The average Bonchev–Trinajstić information content (AvgIpc) is 2.87. The molecule has 7 heteroatoms. The summed E-state index contributed by atoms with van der Waals surface area (Å²) < 4.78 is 0. The summed E-state index contributed by atoms with van der Waals surface area (Å²) in [7, 11) is 0. The van der Waals surface area contributed by atoms with E-state index in [9.17, 15) is 15.3 Å². The Balaban J connectivity index is 0.000000152. The number of aryl methyl sites for hydroxylation is 3. The van der Waals surface area contributed by atoms with Crippen LogP contribution >= 0.6 is 0 Å². The first-order valence-corrected chi connectivity index (χ1v) is 11.4. The van der Waals surface area contributed by atoms with Crippen molar-refractivity contribution in [1.29, 1.82) is 0 Å². The van der Waals surface area contributed by atoms with Gasteiger partial charge >= 0.3 is 19.8 Å². The minimum absolute atomic E-state index is 0. The van der Waals surface area contributed by atoms with Gasteiger partial charge in [-0.25, -0.2) is 0 Å². The van der Waals surface area contributed by atoms with Crippen molar-refractivity contribution in [3.05, 3.63) is 108 Å². The summed E-state index contributed by atoms with van der Waals surface area (Å²) in [6.07, 6.45) is 0. The quantitative estimate of drug-likeness (QED) is 0.261. The maximum Gasteiger partial charge on any atom is 3.00 e. The van der Waals surface area contributed by atoms with E-state index in [0.29, 0.717) is 16.6 Å². The molecule has 0 spiro atoms. The standard InChI is InChI=1S/3C10H9NO.Ga/c3*1-7-5-6-8-3-2-4-9(12)10(8)11-7;/h3*2-6,12H,1H3;/q;;;+3/p-3. The SMILES string of the molecule is Cc1ccc2cccc([O-])c2n1.Cc1ccc2cccc([O-])c2n1.Cc1ccc2cccc([O-])c2n1.[Ga+3]. The van der Waals surface area contributed by atoms with Crippen LogP contribution in [0.25, 0.3) is 32.7 Å². The van der Waals surface area contributed by atoms with Crippen molar-refractivity contribution < 1.29 is 15.3 Å². The van der Waals surface area contributed by atoms with E-state index in [-0.39, 0.29) is 37.0 Å². The molecule has 0 saturated carbocycles. The van der Waals surface area contributed by atoms with E-state index in [2.05, 4.69) is 15.0 Å². The van der Waals surface area contributed by atoms with Crippen molar-refractivity contribution in [2.75, 3.05) is 0 Å². The van der Waals surface area contributed by atoms with E-state index < -0.39 is 0 Å². The summed E-state index contributed by atoms with van der Waals surface area (Å²) in [5, 5.41) is 36.5. The Hall–Kier alpha value is -4.07. The summed E-state index contributed by atoms with van der Waals surface area (Å²) >= 11 is 0. The number of nitrogens with zero attached hydrogens (tertiary/aromatic N) is 3. The van der Waals surface area contributed by atoms with E-state index in [1.165, 1.54) is 18.2 Å². The van der Waals surface area contributed by atoms with Gasteiger partial charge in [0.2, 0.25) is 0 Å². The molecule has 0 N–H and O–H groups in total. The molecule has 6 aromatic rings.